The Balaban J connectivity index is 2.45. The van der Waals surface area contributed by atoms with Gasteiger partial charge in [-0.1, -0.05) is 17.7 Å². The van der Waals surface area contributed by atoms with Crippen LogP contribution in [0, 0.1) is 0 Å². The molecule has 16 heavy (non-hydrogen) atoms. The molecule has 1 fully saturated rings. The summed E-state index contributed by atoms with van der Waals surface area (Å²) in [5, 5.41) is 0.655. The zero-order valence-corrected chi connectivity index (χ0v) is 9.75. The highest BCUT2D eigenvalue weighted by Gasteiger charge is 2.46. The van der Waals surface area contributed by atoms with E-state index in [2.05, 4.69) is 4.99 Å². The van der Waals surface area contributed by atoms with E-state index in [9.17, 15) is 4.79 Å². The molecule has 0 N–H and O–H groups in total. The van der Waals surface area contributed by atoms with Crippen LogP contribution in [0.5, 0.6) is 0 Å². The fourth-order valence-corrected chi connectivity index (χ4v) is 2.08. The number of methoxy groups -OCH3 is 1. The second-order valence-corrected chi connectivity index (χ2v) is 4.41. The highest BCUT2D eigenvalue weighted by molar-refractivity contribution is 6.30. The highest BCUT2D eigenvalue weighted by Crippen LogP contribution is 2.50. The Kier molecular flexibility index (Phi) is 3.10. The summed E-state index contributed by atoms with van der Waals surface area (Å²) in [6.45, 7) is 0.503. The van der Waals surface area contributed by atoms with Crippen LogP contribution in [0.15, 0.2) is 23.2 Å². The predicted molar refractivity (Wildman–Crippen MR) is 61.2 cm³/mol. The normalized spacial score (nSPS) is 16.6. The molecule has 0 bridgehead atoms. The minimum atomic E-state index is -0.388. The summed E-state index contributed by atoms with van der Waals surface area (Å²) in [5.74, 6) is 0. The summed E-state index contributed by atoms with van der Waals surface area (Å²) >= 11 is 5.97. The highest BCUT2D eigenvalue weighted by atomic mass is 35.5. The monoisotopic (exact) mass is 237 g/mol. The minimum absolute atomic E-state index is 0.388. The van der Waals surface area contributed by atoms with Gasteiger partial charge < -0.3 is 4.74 Å². The molecule has 84 valence electrons. The first kappa shape index (κ1) is 11.3. The van der Waals surface area contributed by atoms with Crippen LogP contribution in [-0.2, 0) is 21.7 Å². The molecule has 0 aliphatic heterocycles. The molecule has 0 radical (unpaired) electrons. The molecule has 0 amide bonds. The van der Waals surface area contributed by atoms with E-state index in [4.69, 9.17) is 16.3 Å². The summed E-state index contributed by atoms with van der Waals surface area (Å²) in [6, 6.07) is 5.60. The number of benzene rings is 1. The Hall–Kier alpha value is -1.15. The maximum atomic E-state index is 10.4. The third-order valence-corrected chi connectivity index (χ3v) is 3.09. The van der Waals surface area contributed by atoms with E-state index >= 15 is 0 Å². The lowest BCUT2D eigenvalue weighted by Crippen LogP contribution is -2.07. The summed E-state index contributed by atoms with van der Waals surface area (Å²) in [6.07, 6.45) is 3.40. The van der Waals surface area contributed by atoms with E-state index in [0.717, 1.165) is 24.0 Å². The first-order valence-electron chi connectivity index (χ1n) is 5.09. The van der Waals surface area contributed by atoms with Crippen molar-refractivity contribution in [2.45, 2.75) is 25.0 Å². The van der Waals surface area contributed by atoms with E-state index in [1.807, 2.05) is 18.2 Å². The quantitative estimate of drug-likeness (QED) is 0.597. The minimum Gasteiger partial charge on any atom is -0.380 e. The topological polar surface area (TPSA) is 38.7 Å². The Morgan fingerprint density at radius 3 is 2.88 bits per heavy atom. The lowest BCUT2D eigenvalue weighted by molar-refractivity contribution is 0.183. The summed E-state index contributed by atoms with van der Waals surface area (Å²) in [5.41, 5.74) is 1.63. The lowest BCUT2D eigenvalue weighted by Gasteiger charge is -2.14. The SMILES string of the molecule is COCc1ccc(Cl)cc1C1(N=C=O)CC1. The van der Waals surface area contributed by atoms with E-state index < -0.39 is 0 Å². The first-order valence-corrected chi connectivity index (χ1v) is 5.46. The summed E-state index contributed by atoms with van der Waals surface area (Å²) in [7, 11) is 1.64. The van der Waals surface area contributed by atoms with Gasteiger partial charge in [0.05, 0.1) is 12.1 Å². The Labute approximate surface area is 99.1 Å². The molecule has 1 saturated carbocycles. The summed E-state index contributed by atoms with van der Waals surface area (Å²) in [4.78, 5) is 14.3. The fourth-order valence-electron chi connectivity index (χ4n) is 1.91. The first-order chi connectivity index (χ1) is 7.72. The predicted octanol–water partition coefficient (Wildman–Crippen LogP) is 2.81. The number of rotatable bonds is 4. The van der Waals surface area contributed by atoms with Crippen LogP contribution >= 0.6 is 11.6 Å². The van der Waals surface area contributed by atoms with E-state index in [1.165, 1.54) is 0 Å². The number of hydrogen-bond donors (Lipinski definition) is 0. The maximum Gasteiger partial charge on any atom is 0.235 e. The van der Waals surface area contributed by atoms with Crippen molar-refractivity contribution in [1.29, 1.82) is 0 Å². The number of isocyanates is 1. The van der Waals surface area contributed by atoms with Gasteiger partial charge in [-0.25, -0.2) is 4.79 Å². The van der Waals surface area contributed by atoms with E-state index in [0.29, 0.717) is 11.6 Å². The molecule has 0 saturated heterocycles. The number of aliphatic imine (C=N–C) groups is 1. The Bertz CT molecular complexity index is 448. The van der Waals surface area contributed by atoms with Gasteiger partial charge in [-0.2, -0.15) is 4.99 Å². The van der Waals surface area contributed by atoms with Gasteiger partial charge in [0.1, 0.15) is 0 Å². The fraction of sp³-hybridized carbons (Fsp3) is 0.417. The van der Waals surface area contributed by atoms with Crippen molar-refractivity contribution >= 4 is 17.7 Å². The van der Waals surface area contributed by atoms with Gasteiger partial charge >= 0.3 is 0 Å². The number of hydrogen-bond acceptors (Lipinski definition) is 3. The zero-order valence-electron chi connectivity index (χ0n) is 9.00. The Morgan fingerprint density at radius 2 is 2.31 bits per heavy atom. The number of halogens is 1. The van der Waals surface area contributed by atoms with Crippen molar-refractivity contribution in [2.75, 3.05) is 7.11 Å². The van der Waals surface area contributed by atoms with Gasteiger partial charge in [0.15, 0.2) is 0 Å². The molecule has 1 aliphatic carbocycles. The molecule has 4 heteroatoms. The lowest BCUT2D eigenvalue weighted by atomic mass is 9.99. The third-order valence-electron chi connectivity index (χ3n) is 2.86. The van der Waals surface area contributed by atoms with Crippen molar-refractivity contribution in [3.63, 3.8) is 0 Å². The maximum absolute atomic E-state index is 10.4. The standard InChI is InChI=1S/C12H12ClNO2/c1-16-7-9-2-3-10(13)6-11(9)12(4-5-12)14-8-15/h2-3,6H,4-5,7H2,1H3. The van der Waals surface area contributed by atoms with Crippen LogP contribution in [0.1, 0.15) is 24.0 Å². The van der Waals surface area contributed by atoms with Crippen molar-refractivity contribution in [3.05, 3.63) is 34.3 Å². The smallest absolute Gasteiger partial charge is 0.235 e. The number of nitrogens with zero attached hydrogens (tertiary/aromatic N) is 1. The van der Waals surface area contributed by atoms with Gasteiger partial charge in [0.25, 0.3) is 0 Å². The average Bonchev–Trinajstić information content (AvgIpc) is 3.03. The van der Waals surface area contributed by atoms with Gasteiger partial charge in [-0.05, 0) is 36.1 Å². The molecular formula is C12H12ClNO2. The van der Waals surface area contributed by atoms with Gasteiger partial charge in [-0.3, -0.25) is 0 Å². The second kappa shape index (κ2) is 4.38. The van der Waals surface area contributed by atoms with Crippen molar-refractivity contribution < 1.29 is 9.53 Å². The molecule has 2 rings (SSSR count). The van der Waals surface area contributed by atoms with Crippen molar-refractivity contribution in [2.24, 2.45) is 4.99 Å². The molecule has 0 atom stereocenters. The third kappa shape index (κ3) is 2.03. The molecule has 0 spiro atoms. The molecule has 1 aromatic rings. The second-order valence-electron chi connectivity index (χ2n) is 3.97. The van der Waals surface area contributed by atoms with Gasteiger partial charge in [0.2, 0.25) is 6.08 Å². The van der Waals surface area contributed by atoms with Crippen LogP contribution in [0.2, 0.25) is 5.02 Å². The summed E-state index contributed by atoms with van der Waals surface area (Å²) < 4.78 is 5.13. The molecule has 1 aliphatic rings. The number of carbonyl (C=O) groups excluding carboxylic acids is 1. The van der Waals surface area contributed by atoms with Crippen LogP contribution in [-0.4, -0.2) is 13.2 Å². The van der Waals surface area contributed by atoms with Crippen LogP contribution in [0.4, 0.5) is 0 Å². The molecule has 0 unspecified atom stereocenters. The van der Waals surface area contributed by atoms with Crippen LogP contribution in [0.25, 0.3) is 0 Å². The van der Waals surface area contributed by atoms with Gasteiger partial charge in [-0.15, -0.1) is 0 Å². The largest absolute Gasteiger partial charge is 0.380 e. The molecule has 1 aromatic carbocycles. The van der Waals surface area contributed by atoms with E-state index in [-0.39, 0.29) is 5.54 Å². The van der Waals surface area contributed by atoms with Crippen LogP contribution in [0.3, 0.4) is 0 Å². The van der Waals surface area contributed by atoms with Gasteiger partial charge in [0, 0.05) is 12.1 Å². The van der Waals surface area contributed by atoms with E-state index in [1.54, 1.807) is 13.2 Å². The molecule has 0 heterocycles. The van der Waals surface area contributed by atoms with Crippen molar-refractivity contribution in [1.82, 2.24) is 0 Å². The number of ether oxygens (including phenoxy) is 1. The van der Waals surface area contributed by atoms with Crippen molar-refractivity contribution in [3.8, 4) is 0 Å². The average molecular weight is 238 g/mol. The molecule has 3 nitrogen and oxygen atoms in total. The molecule has 0 aromatic heterocycles. The Morgan fingerprint density at radius 1 is 1.56 bits per heavy atom. The zero-order chi connectivity index (χ0) is 11.6. The van der Waals surface area contributed by atoms with Crippen LogP contribution < -0.4 is 0 Å². The molecular weight excluding hydrogens is 226 g/mol.